The Hall–Kier alpha value is 0.137. The van der Waals surface area contributed by atoms with Crippen molar-refractivity contribution in [2.45, 2.75) is 70.3 Å². The minimum Gasteiger partial charge on any atom is -0.400 e. The molecule has 106 valence electrons. The molecule has 0 aromatic carbocycles. The summed E-state index contributed by atoms with van der Waals surface area (Å²) in [6.45, 7) is 4.88. The van der Waals surface area contributed by atoms with Crippen molar-refractivity contribution in [3.05, 3.63) is 0 Å². The maximum absolute atomic E-state index is 5.82. The Kier molecular flexibility index (Phi) is 4.55. The standard InChI is InChI=1S/C15H30O2Si/c1-14(2)9-7-8-13(12-14)15(10-5-6-11-15)18(16-3)17-4/h13,18H,5-12H2,1-4H3. The lowest BCUT2D eigenvalue weighted by atomic mass is 9.67. The van der Waals surface area contributed by atoms with Gasteiger partial charge in [0.05, 0.1) is 0 Å². The van der Waals surface area contributed by atoms with Gasteiger partial charge in [-0.25, -0.2) is 0 Å². The summed E-state index contributed by atoms with van der Waals surface area (Å²) in [5.74, 6) is 0.848. The second-order valence-electron chi connectivity index (χ2n) is 7.20. The van der Waals surface area contributed by atoms with E-state index in [1.807, 2.05) is 14.2 Å². The molecule has 1 atom stereocenters. The van der Waals surface area contributed by atoms with Crippen LogP contribution >= 0.6 is 0 Å². The molecule has 0 radical (unpaired) electrons. The number of hydrogen-bond donors (Lipinski definition) is 0. The highest BCUT2D eigenvalue weighted by Crippen LogP contribution is 2.59. The molecule has 2 saturated carbocycles. The van der Waals surface area contributed by atoms with Gasteiger partial charge in [0.25, 0.3) is 0 Å². The summed E-state index contributed by atoms with van der Waals surface area (Å²) >= 11 is 0. The van der Waals surface area contributed by atoms with E-state index >= 15 is 0 Å². The molecule has 0 aromatic rings. The molecule has 2 rings (SSSR count). The molecule has 0 aliphatic heterocycles. The highest BCUT2D eigenvalue weighted by molar-refractivity contribution is 6.48. The van der Waals surface area contributed by atoms with Crippen LogP contribution in [0.4, 0.5) is 0 Å². The van der Waals surface area contributed by atoms with Crippen molar-refractivity contribution in [1.82, 2.24) is 0 Å². The van der Waals surface area contributed by atoms with Crippen molar-refractivity contribution < 1.29 is 8.85 Å². The highest BCUT2D eigenvalue weighted by atomic mass is 28.3. The molecule has 0 heterocycles. The molecular weight excluding hydrogens is 240 g/mol. The Bertz CT molecular complexity index is 268. The molecule has 3 heteroatoms. The van der Waals surface area contributed by atoms with Crippen LogP contribution in [0.5, 0.6) is 0 Å². The molecular formula is C15H30O2Si. The minimum absolute atomic E-state index is 0.432. The lowest BCUT2D eigenvalue weighted by Crippen LogP contribution is -2.43. The summed E-state index contributed by atoms with van der Waals surface area (Å²) in [6, 6.07) is 0. The van der Waals surface area contributed by atoms with Crippen LogP contribution in [0.1, 0.15) is 65.2 Å². The quantitative estimate of drug-likeness (QED) is 0.718. The van der Waals surface area contributed by atoms with Crippen molar-refractivity contribution in [3.8, 4) is 0 Å². The van der Waals surface area contributed by atoms with E-state index in [2.05, 4.69) is 13.8 Å². The predicted molar refractivity (Wildman–Crippen MR) is 78.1 cm³/mol. The van der Waals surface area contributed by atoms with Crippen molar-refractivity contribution in [1.29, 1.82) is 0 Å². The van der Waals surface area contributed by atoms with Gasteiger partial charge in [-0.1, -0.05) is 33.1 Å². The minimum atomic E-state index is -1.51. The zero-order chi connectivity index (χ0) is 13.2. The molecule has 0 bridgehead atoms. The average molecular weight is 270 g/mol. The van der Waals surface area contributed by atoms with Gasteiger partial charge < -0.3 is 8.85 Å². The van der Waals surface area contributed by atoms with Crippen LogP contribution in [0.25, 0.3) is 0 Å². The van der Waals surface area contributed by atoms with Gasteiger partial charge >= 0.3 is 9.28 Å². The van der Waals surface area contributed by atoms with Crippen LogP contribution < -0.4 is 0 Å². The van der Waals surface area contributed by atoms with Gasteiger partial charge in [-0.05, 0) is 43.4 Å². The van der Waals surface area contributed by atoms with E-state index in [1.54, 1.807) is 0 Å². The van der Waals surface area contributed by atoms with Gasteiger partial charge in [-0.3, -0.25) is 0 Å². The second-order valence-corrected chi connectivity index (χ2v) is 9.96. The predicted octanol–water partition coefficient (Wildman–Crippen LogP) is 4.03. The fourth-order valence-corrected chi connectivity index (χ4v) is 7.30. The first-order valence-corrected chi connectivity index (χ1v) is 9.12. The van der Waals surface area contributed by atoms with Crippen molar-refractivity contribution >= 4 is 9.28 Å². The molecule has 2 nitrogen and oxygen atoms in total. The first-order chi connectivity index (χ1) is 8.54. The third-order valence-electron chi connectivity index (χ3n) is 5.45. The zero-order valence-electron chi connectivity index (χ0n) is 12.6. The van der Waals surface area contributed by atoms with Crippen LogP contribution in [0.3, 0.4) is 0 Å². The summed E-state index contributed by atoms with van der Waals surface area (Å²) in [5, 5.41) is 0.432. The molecule has 2 aliphatic carbocycles. The third kappa shape index (κ3) is 2.68. The molecule has 0 amide bonds. The molecule has 2 aliphatic rings. The van der Waals surface area contributed by atoms with Gasteiger partial charge in [0.2, 0.25) is 0 Å². The van der Waals surface area contributed by atoms with E-state index in [0.717, 1.165) is 5.92 Å². The fourth-order valence-electron chi connectivity index (χ4n) is 4.62. The lowest BCUT2D eigenvalue weighted by molar-refractivity contribution is 0.114. The largest absolute Gasteiger partial charge is 0.400 e. The summed E-state index contributed by atoms with van der Waals surface area (Å²) < 4.78 is 11.6. The van der Waals surface area contributed by atoms with E-state index in [4.69, 9.17) is 8.85 Å². The first-order valence-electron chi connectivity index (χ1n) is 7.60. The molecule has 0 aromatic heterocycles. The van der Waals surface area contributed by atoms with E-state index in [0.29, 0.717) is 10.5 Å². The molecule has 0 saturated heterocycles. The van der Waals surface area contributed by atoms with Gasteiger partial charge in [-0.2, -0.15) is 0 Å². The van der Waals surface area contributed by atoms with Crippen LogP contribution in [0.2, 0.25) is 5.04 Å². The van der Waals surface area contributed by atoms with Crippen molar-refractivity contribution in [2.75, 3.05) is 14.2 Å². The van der Waals surface area contributed by atoms with E-state index in [-0.39, 0.29) is 0 Å². The van der Waals surface area contributed by atoms with Crippen LogP contribution in [0.15, 0.2) is 0 Å². The SMILES string of the molecule is CO[SiH](OC)C1(C2CCCC(C)(C)C2)CCCC1. The molecule has 2 fully saturated rings. The average Bonchev–Trinajstić information content (AvgIpc) is 2.80. The van der Waals surface area contributed by atoms with Gasteiger partial charge in [0.1, 0.15) is 0 Å². The Morgan fingerprint density at radius 3 is 2.06 bits per heavy atom. The maximum atomic E-state index is 5.82. The van der Waals surface area contributed by atoms with Crippen LogP contribution in [-0.2, 0) is 8.85 Å². The molecule has 0 N–H and O–H groups in total. The third-order valence-corrected chi connectivity index (χ3v) is 8.29. The lowest BCUT2D eigenvalue weighted by Gasteiger charge is -2.47. The fraction of sp³-hybridized carbons (Fsp3) is 1.00. The summed E-state index contributed by atoms with van der Waals surface area (Å²) in [4.78, 5) is 0. The second kappa shape index (κ2) is 5.64. The monoisotopic (exact) mass is 270 g/mol. The first kappa shape index (κ1) is 14.5. The van der Waals surface area contributed by atoms with Crippen LogP contribution in [0, 0.1) is 11.3 Å². The van der Waals surface area contributed by atoms with Gasteiger partial charge in [-0.15, -0.1) is 0 Å². The highest BCUT2D eigenvalue weighted by Gasteiger charge is 2.51. The van der Waals surface area contributed by atoms with Crippen molar-refractivity contribution in [3.63, 3.8) is 0 Å². The van der Waals surface area contributed by atoms with Gasteiger partial charge in [0.15, 0.2) is 0 Å². The summed E-state index contributed by atoms with van der Waals surface area (Å²) in [6.07, 6.45) is 11.0. The number of hydrogen-bond acceptors (Lipinski definition) is 2. The van der Waals surface area contributed by atoms with E-state index < -0.39 is 9.28 Å². The summed E-state index contributed by atoms with van der Waals surface area (Å²) in [5.41, 5.74) is 0.527. The topological polar surface area (TPSA) is 18.5 Å². The Morgan fingerprint density at radius 1 is 0.944 bits per heavy atom. The number of rotatable bonds is 4. The van der Waals surface area contributed by atoms with E-state index in [9.17, 15) is 0 Å². The maximum Gasteiger partial charge on any atom is 0.327 e. The Labute approximate surface area is 114 Å². The van der Waals surface area contributed by atoms with E-state index in [1.165, 1.54) is 51.4 Å². The smallest absolute Gasteiger partial charge is 0.327 e. The zero-order valence-corrected chi connectivity index (χ0v) is 13.8. The molecule has 18 heavy (non-hydrogen) atoms. The van der Waals surface area contributed by atoms with Gasteiger partial charge in [0, 0.05) is 19.3 Å². The van der Waals surface area contributed by atoms with Crippen molar-refractivity contribution in [2.24, 2.45) is 11.3 Å². The molecule has 0 spiro atoms. The Balaban J connectivity index is 2.19. The Morgan fingerprint density at radius 2 is 1.56 bits per heavy atom. The molecule has 1 unspecified atom stereocenters. The van der Waals surface area contributed by atoms with Crippen LogP contribution in [-0.4, -0.2) is 23.5 Å². The summed E-state index contributed by atoms with van der Waals surface area (Å²) in [7, 11) is 2.23. The normalized spacial score (nSPS) is 30.8.